The van der Waals surface area contributed by atoms with Crippen LogP contribution in [-0.2, 0) is 0 Å². The van der Waals surface area contributed by atoms with Gasteiger partial charge in [-0.05, 0) is 35.4 Å². The Balaban J connectivity index is 1.50. The van der Waals surface area contributed by atoms with Gasteiger partial charge >= 0.3 is 0 Å². The van der Waals surface area contributed by atoms with Gasteiger partial charge in [0.1, 0.15) is 5.82 Å². The number of aromatic nitrogens is 4. The molecule has 1 atom stereocenters. The first kappa shape index (κ1) is 18.3. The Morgan fingerprint density at radius 2 is 1.81 bits per heavy atom. The predicted molar refractivity (Wildman–Crippen MR) is 102 cm³/mol. The molecule has 1 aliphatic carbocycles. The molecule has 1 aliphatic heterocycles. The standard InChI is InChI=1S/C20H29FN6/c1-15(2)19(20-22-23-24-27(20)16-7-3-4-8-16)26-13-11-25(12-14-26)18-10-6-5-9-17(18)21/h5-6,9-10,15-16,19H,3-4,7-8,11-14H2,1-2H3/p+1/t19-/m0/s1. The Kier molecular flexibility index (Phi) is 5.38. The van der Waals surface area contributed by atoms with E-state index in [1.807, 2.05) is 12.1 Å². The fourth-order valence-corrected chi connectivity index (χ4v) is 4.82. The first-order valence-electron chi connectivity index (χ1n) is 10.3. The number of quaternary nitrogens is 1. The zero-order valence-electron chi connectivity index (χ0n) is 16.3. The fraction of sp³-hybridized carbons (Fsp3) is 0.650. The van der Waals surface area contributed by atoms with Gasteiger partial charge in [-0.1, -0.05) is 38.8 Å². The van der Waals surface area contributed by atoms with Crippen LogP contribution in [0.25, 0.3) is 0 Å². The highest BCUT2D eigenvalue weighted by atomic mass is 19.1. The number of hydrogen-bond acceptors (Lipinski definition) is 4. The number of nitrogens with zero attached hydrogens (tertiary/aromatic N) is 5. The quantitative estimate of drug-likeness (QED) is 0.871. The van der Waals surface area contributed by atoms with Crippen molar-refractivity contribution in [3.63, 3.8) is 0 Å². The Bertz CT molecular complexity index is 746. The third-order valence-corrected chi connectivity index (χ3v) is 6.17. The average Bonchev–Trinajstić information content (AvgIpc) is 3.34. The maximum absolute atomic E-state index is 14.1. The lowest BCUT2D eigenvalue weighted by molar-refractivity contribution is -0.937. The molecule has 0 unspecified atom stereocenters. The monoisotopic (exact) mass is 373 g/mol. The number of anilines is 1. The van der Waals surface area contributed by atoms with Crippen LogP contribution >= 0.6 is 0 Å². The molecule has 0 radical (unpaired) electrons. The topological polar surface area (TPSA) is 51.3 Å². The molecular formula is C20H30FN6+. The number of benzene rings is 1. The van der Waals surface area contributed by atoms with Gasteiger partial charge in [0.2, 0.25) is 5.82 Å². The number of halogens is 1. The molecule has 1 aromatic carbocycles. The molecule has 2 fully saturated rings. The third kappa shape index (κ3) is 3.70. The fourth-order valence-electron chi connectivity index (χ4n) is 4.82. The lowest BCUT2D eigenvalue weighted by atomic mass is 10.00. The van der Waals surface area contributed by atoms with Crippen LogP contribution in [0.5, 0.6) is 0 Å². The van der Waals surface area contributed by atoms with Gasteiger partial charge in [-0.2, -0.15) is 0 Å². The molecule has 4 rings (SSSR count). The minimum Gasteiger partial charge on any atom is -0.358 e. The van der Waals surface area contributed by atoms with Gasteiger partial charge in [0.15, 0.2) is 6.04 Å². The number of nitrogens with one attached hydrogen (secondary N) is 1. The van der Waals surface area contributed by atoms with Crippen molar-refractivity contribution in [2.75, 3.05) is 31.1 Å². The van der Waals surface area contributed by atoms with E-state index in [1.54, 1.807) is 12.1 Å². The second kappa shape index (κ2) is 7.92. The van der Waals surface area contributed by atoms with E-state index < -0.39 is 0 Å². The van der Waals surface area contributed by atoms with Gasteiger partial charge in [-0.25, -0.2) is 9.07 Å². The van der Waals surface area contributed by atoms with Crippen molar-refractivity contribution in [2.45, 2.75) is 51.6 Å². The molecule has 2 heterocycles. The summed E-state index contributed by atoms with van der Waals surface area (Å²) in [6.45, 7) is 8.15. The summed E-state index contributed by atoms with van der Waals surface area (Å²) < 4.78 is 16.2. The number of rotatable bonds is 5. The highest BCUT2D eigenvalue weighted by molar-refractivity contribution is 5.47. The molecule has 2 aromatic rings. The Hall–Kier alpha value is -2.02. The highest BCUT2D eigenvalue weighted by Gasteiger charge is 2.37. The molecule has 6 nitrogen and oxygen atoms in total. The molecule has 2 aliphatic rings. The van der Waals surface area contributed by atoms with E-state index in [-0.39, 0.29) is 11.9 Å². The van der Waals surface area contributed by atoms with Crippen LogP contribution in [0, 0.1) is 11.7 Å². The number of piperazine rings is 1. The van der Waals surface area contributed by atoms with Crippen molar-refractivity contribution in [1.29, 1.82) is 0 Å². The largest absolute Gasteiger partial charge is 0.358 e. The molecule has 0 spiro atoms. The summed E-state index contributed by atoms with van der Waals surface area (Å²) in [7, 11) is 0. The van der Waals surface area contributed by atoms with Gasteiger partial charge in [-0.3, -0.25) is 0 Å². The maximum atomic E-state index is 14.1. The van der Waals surface area contributed by atoms with Crippen molar-refractivity contribution < 1.29 is 9.29 Å². The third-order valence-electron chi connectivity index (χ3n) is 6.17. The van der Waals surface area contributed by atoms with Crippen molar-refractivity contribution in [1.82, 2.24) is 20.2 Å². The zero-order chi connectivity index (χ0) is 18.8. The van der Waals surface area contributed by atoms with Crippen LogP contribution in [0.3, 0.4) is 0 Å². The molecular weight excluding hydrogens is 343 g/mol. The highest BCUT2D eigenvalue weighted by Crippen LogP contribution is 2.31. The van der Waals surface area contributed by atoms with Gasteiger partial charge in [0.05, 0.1) is 37.9 Å². The Morgan fingerprint density at radius 3 is 2.48 bits per heavy atom. The number of hydrogen-bond donors (Lipinski definition) is 1. The van der Waals surface area contributed by atoms with Gasteiger partial charge < -0.3 is 9.80 Å². The van der Waals surface area contributed by atoms with Crippen molar-refractivity contribution in [2.24, 2.45) is 5.92 Å². The zero-order valence-corrected chi connectivity index (χ0v) is 16.3. The van der Waals surface area contributed by atoms with E-state index in [0.717, 1.165) is 32.0 Å². The lowest BCUT2D eigenvalue weighted by Crippen LogP contribution is -3.15. The van der Waals surface area contributed by atoms with Crippen LogP contribution in [-0.4, -0.2) is 46.4 Å². The lowest BCUT2D eigenvalue weighted by Gasteiger charge is -2.38. The van der Waals surface area contributed by atoms with E-state index >= 15 is 0 Å². The Morgan fingerprint density at radius 1 is 1.11 bits per heavy atom. The van der Waals surface area contributed by atoms with Gasteiger partial charge in [0.25, 0.3) is 0 Å². The molecule has 146 valence electrons. The van der Waals surface area contributed by atoms with E-state index in [2.05, 4.69) is 39.0 Å². The first-order valence-corrected chi connectivity index (χ1v) is 10.3. The summed E-state index contributed by atoms with van der Waals surface area (Å²) in [6, 6.07) is 7.81. The molecule has 1 saturated heterocycles. The molecule has 1 N–H and O–H groups in total. The minimum atomic E-state index is -0.133. The Labute approximate surface area is 160 Å². The number of tetrazole rings is 1. The molecule has 1 saturated carbocycles. The van der Waals surface area contributed by atoms with Crippen LogP contribution < -0.4 is 9.80 Å². The van der Waals surface area contributed by atoms with Crippen LogP contribution in [0.1, 0.15) is 57.4 Å². The molecule has 1 aromatic heterocycles. The summed E-state index contributed by atoms with van der Waals surface area (Å²) in [5, 5.41) is 12.8. The van der Waals surface area contributed by atoms with Crippen molar-refractivity contribution in [3.05, 3.63) is 35.9 Å². The molecule has 7 heteroatoms. The number of para-hydroxylation sites is 1. The minimum absolute atomic E-state index is 0.133. The van der Waals surface area contributed by atoms with E-state index in [1.165, 1.54) is 30.6 Å². The smallest absolute Gasteiger partial charge is 0.209 e. The van der Waals surface area contributed by atoms with Gasteiger partial charge in [-0.15, -0.1) is 5.10 Å². The summed E-state index contributed by atoms with van der Waals surface area (Å²) in [4.78, 5) is 3.67. The summed E-state index contributed by atoms with van der Waals surface area (Å²) in [5.74, 6) is 1.35. The normalized spacial score (nSPS) is 20.5. The molecule has 27 heavy (non-hydrogen) atoms. The second-order valence-corrected chi connectivity index (χ2v) is 8.24. The van der Waals surface area contributed by atoms with Gasteiger partial charge in [0, 0.05) is 5.92 Å². The van der Waals surface area contributed by atoms with E-state index in [0.29, 0.717) is 17.6 Å². The second-order valence-electron chi connectivity index (χ2n) is 8.24. The summed E-state index contributed by atoms with van der Waals surface area (Å²) in [6.07, 6.45) is 4.90. The van der Waals surface area contributed by atoms with Crippen molar-refractivity contribution >= 4 is 5.69 Å². The maximum Gasteiger partial charge on any atom is 0.209 e. The summed E-state index contributed by atoms with van der Waals surface area (Å²) in [5.41, 5.74) is 0.716. The SMILES string of the molecule is CC(C)[C@@H](c1nnnn1C1CCCC1)[NH+]1CCN(c2ccccc2F)CC1. The summed E-state index contributed by atoms with van der Waals surface area (Å²) >= 11 is 0. The van der Waals surface area contributed by atoms with E-state index in [9.17, 15) is 4.39 Å². The average molecular weight is 374 g/mol. The molecule has 0 bridgehead atoms. The van der Waals surface area contributed by atoms with Crippen molar-refractivity contribution in [3.8, 4) is 0 Å². The first-order chi connectivity index (χ1) is 13.1. The van der Waals surface area contributed by atoms with E-state index in [4.69, 9.17) is 0 Å². The predicted octanol–water partition coefficient (Wildman–Crippen LogP) is 2.03. The molecule has 0 amide bonds. The van der Waals surface area contributed by atoms with Crippen LogP contribution in [0.15, 0.2) is 24.3 Å². The van der Waals surface area contributed by atoms with Crippen LogP contribution in [0.4, 0.5) is 10.1 Å². The van der Waals surface area contributed by atoms with Crippen LogP contribution in [0.2, 0.25) is 0 Å².